The third kappa shape index (κ3) is 6.19. The van der Waals surface area contributed by atoms with E-state index in [-0.39, 0.29) is 18.0 Å². The zero-order chi connectivity index (χ0) is 25.7. The summed E-state index contributed by atoms with van der Waals surface area (Å²) in [6.07, 6.45) is 4.37. The van der Waals surface area contributed by atoms with Crippen LogP contribution < -0.4 is 10.2 Å². The quantitative estimate of drug-likeness (QED) is 0.332. The monoisotopic (exact) mass is 511 g/mol. The Balaban J connectivity index is 1.34. The van der Waals surface area contributed by atoms with E-state index in [1.54, 1.807) is 18.6 Å². The Labute approximate surface area is 212 Å². The topological polar surface area (TPSA) is 131 Å². The van der Waals surface area contributed by atoms with Crippen LogP contribution in [0.2, 0.25) is 5.02 Å². The van der Waals surface area contributed by atoms with Crippen molar-refractivity contribution in [2.45, 2.75) is 31.8 Å². The maximum Gasteiger partial charge on any atom is 0.326 e. The number of nitrogens with one attached hydrogen (secondary N) is 1. The number of imidazole rings is 1. The van der Waals surface area contributed by atoms with Gasteiger partial charge in [0.25, 0.3) is 5.69 Å². The van der Waals surface area contributed by atoms with Gasteiger partial charge in [0.15, 0.2) is 0 Å². The minimum atomic E-state index is -1.13. The summed E-state index contributed by atoms with van der Waals surface area (Å²) in [5.74, 6) is -1.86. The number of carboxylic acid groups (broad SMARTS) is 1. The standard InChI is InChI=1S/C25H26ClN5O5/c26-19-6-7-22(31(35)36)23(12-19)30-10-8-18(9-11-30)24(32)28-21(25(33)34)13-20-15-29(16-27-20)14-17-4-2-1-3-5-17/h1-7,12,15-16,18,21H,8-11,13-14H2,(H,28,32)(H,33,34). The highest BCUT2D eigenvalue weighted by atomic mass is 35.5. The van der Waals surface area contributed by atoms with Gasteiger partial charge in [-0.15, -0.1) is 0 Å². The maximum absolute atomic E-state index is 12.9. The molecular formula is C25H26ClN5O5. The summed E-state index contributed by atoms with van der Waals surface area (Å²) in [5, 5.41) is 24.1. The lowest BCUT2D eigenvalue weighted by Gasteiger charge is -2.33. The van der Waals surface area contributed by atoms with Crippen molar-refractivity contribution in [2.24, 2.45) is 5.92 Å². The average Bonchev–Trinajstić information content (AvgIpc) is 3.30. The summed E-state index contributed by atoms with van der Waals surface area (Å²) in [4.78, 5) is 41.8. The van der Waals surface area contributed by atoms with Crippen molar-refractivity contribution in [2.75, 3.05) is 18.0 Å². The molecule has 188 valence electrons. The van der Waals surface area contributed by atoms with Crippen LogP contribution in [-0.2, 0) is 22.6 Å². The number of anilines is 1. The molecule has 2 heterocycles. The van der Waals surface area contributed by atoms with Crippen LogP contribution in [0.5, 0.6) is 0 Å². The van der Waals surface area contributed by atoms with Gasteiger partial charge in [0, 0.05) is 49.3 Å². The molecular weight excluding hydrogens is 486 g/mol. The number of nitro benzene ring substituents is 1. The van der Waals surface area contributed by atoms with E-state index in [0.717, 1.165) is 5.56 Å². The van der Waals surface area contributed by atoms with Gasteiger partial charge in [-0.3, -0.25) is 14.9 Å². The molecule has 0 radical (unpaired) electrons. The molecule has 2 aromatic carbocycles. The second-order valence-corrected chi connectivity index (χ2v) is 9.21. The molecule has 1 unspecified atom stereocenters. The van der Waals surface area contributed by atoms with Gasteiger partial charge < -0.3 is 19.9 Å². The Morgan fingerprint density at radius 1 is 1.19 bits per heavy atom. The van der Waals surface area contributed by atoms with E-state index in [1.807, 2.05) is 39.8 Å². The van der Waals surface area contributed by atoms with E-state index >= 15 is 0 Å². The molecule has 1 saturated heterocycles. The van der Waals surface area contributed by atoms with E-state index in [4.69, 9.17) is 11.6 Å². The molecule has 11 heteroatoms. The minimum absolute atomic E-state index is 0.0417. The Morgan fingerprint density at radius 3 is 2.58 bits per heavy atom. The van der Waals surface area contributed by atoms with Gasteiger partial charge in [-0.2, -0.15) is 0 Å². The lowest BCUT2D eigenvalue weighted by molar-refractivity contribution is -0.384. The number of hydrogen-bond acceptors (Lipinski definition) is 6. The van der Waals surface area contributed by atoms with Crippen molar-refractivity contribution in [3.05, 3.63) is 87.4 Å². The van der Waals surface area contributed by atoms with Crippen LogP contribution in [0.15, 0.2) is 61.1 Å². The Kier molecular flexibility index (Phi) is 7.84. The lowest BCUT2D eigenvalue weighted by atomic mass is 9.94. The van der Waals surface area contributed by atoms with Crippen LogP contribution in [0.25, 0.3) is 0 Å². The number of hydrogen-bond donors (Lipinski definition) is 2. The summed E-state index contributed by atoms with van der Waals surface area (Å²) >= 11 is 6.04. The van der Waals surface area contributed by atoms with Crippen LogP contribution in [0, 0.1) is 16.0 Å². The molecule has 1 aromatic heterocycles. The van der Waals surface area contributed by atoms with Crippen molar-refractivity contribution >= 4 is 34.9 Å². The zero-order valence-corrected chi connectivity index (χ0v) is 20.2. The third-order valence-corrected chi connectivity index (χ3v) is 6.50. The molecule has 0 spiro atoms. The van der Waals surface area contributed by atoms with Crippen molar-refractivity contribution in [3.8, 4) is 0 Å². The summed E-state index contributed by atoms with van der Waals surface area (Å²) < 4.78 is 1.87. The van der Waals surface area contributed by atoms with Crippen LogP contribution >= 0.6 is 11.6 Å². The maximum atomic E-state index is 12.9. The normalized spacial score (nSPS) is 14.9. The predicted molar refractivity (Wildman–Crippen MR) is 134 cm³/mol. The molecule has 10 nitrogen and oxygen atoms in total. The fourth-order valence-corrected chi connectivity index (χ4v) is 4.54. The van der Waals surface area contributed by atoms with Crippen molar-refractivity contribution in [1.29, 1.82) is 0 Å². The summed E-state index contributed by atoms with van der Waals surface area (Å²) in [7, 11) is 0. The first-order valence-corrected chi connectivity index (χ1v) is 11.9. The number of piperidine rings is 1. The molecule has 0 saturated carbocycles. The number of aliphatic carboxylic acids is 1. The highest BCUT2D eigenvalue weighted by molar-refractivity contribution is 6.31. The second kappa shape index (κ2) is 11.2. The second-order valence-electron chi connectivity index (χ2n) is 8.78. The molecule has 1 fully saturated rings. The molecule has 1 atom stereocenters. The fourth-order valence-electron chi connectivity index (χ4n) is 4.38. The van der Waals surface area contributed by atoms with Crippen LogP contribution in [0.1, 0.15) is 24.1 Å². The molecule has 3 aromatic rings. The summed E-state index contributed by atoms with van der Waals surface area (Å²) in [5.41, 5.74) is 2.04. The van der Waals surface area contributed by atoms with Crippen LogP contribution in [0.3, 0.4) is 0 Å². The number of benzene rings is 2. The molecule has 0 aliphatic carbocycles. The number of rotatable bonds is 9. The number of carbonyl (C=O) groups excluding carboxylic acids is 1. The van der Waals surface area contributed by atoms with Crippen molar-refractivity contribution in [1.82, 2.24) is 14.9 Å². The number of nitro groups is 1. The van der Waals surface area contributed by atoms with Gasteiger partial charge in [-0.1, -0.05) is 41.9 Å². The zero-order valence-electron chi connectivity index (χ0n) is 19.4. The summed E-state index contributed by atoms with van der Waals surface area (Å²) in [6, 6.07) is 13.1. The van der Waals surface area contributed by atoms with Gasteiger partial charge >= 0.3 is 5.97 Å². The first-order valence-electron chi connectivity index (χ1n) is 11.6. The van der Waals surface area contributed by atoms with Crippen LogP contribution in [-0.4, -0.2) is 50.6 Å². The SMILES string of the molecule is O=C(NC(Cc1cn(Cc2ccccc2)cn1)C(=O)O)C1CCN(c2cc(Cl)ccc2[N+](=O)[O-])CC1. The molecule has 36 heavy (non-hydrogen) atoms. The minimum Gasteiger partial charge on any atom is -0.480 e. The molecule has 2 N–H and O–H groups in total. The smallest absolute Gasteiger partial charge is 0.326 e. The number of nitrogens with zero attached hydrogens (tertiary/aromatic N) is 4. The highest BCUT2D eigenvalue weighted by Gasteiger charge is 2.31. The first-order chi connectivity index (χ1) is 17.3. The molecule has 1 amide bonds. The molecule has 0 bridgehead atoms. The van der Waals surface area contributed by atoms with Gasteiger partial charge in [0.2, 0.25) is 5.91 Å². The molecule has 1 aliphatic heterocycles. The van der Waals surface area contributed by atoms with Gasteiger partial charge in [-0.25, -0.2) is 9.78 Å². The van der Waals surface area contributed by atoms with Gasteiger partial charge in [0.1, 0.15) is 11.7 Å². The molecule has 4 rings (SSSR count). The van der Waals surface area contributed by atoms with E-state index in [1.165, 1.54) is 12.1 Å². The molecule has 1 aliphatic rings. The van der Waals surface area contributed by atoms with Crippen LogP contribution in [0.4, 0.5) is 11.4 Å². The number of carbonyl (C=O) groups is 2. The third-order valence-electron chi connectivity index (χ3n) is 6.26. The summed E-state index contributed by atoms with van der Waals surface area (Å²) in [6.45, 7) is 1.45. The number of halogens is 1. The Morgan fingerprint density at radius 2 is 1.92 bits per heavy atom. The number of carboxylic acids is 1. The van der Waals surface area contributed by atoms with Crippen molar-refractivity contribution < 1.29 is 19.6 Å². The Hall–Kier alpha value is -3.92. The number of amides is 1. The van der Waals surface area contributed by atoms with Crippen molar-refractivity contribution in [3.63, 3.8) is 0 Å². The van der Waals surface area contributed by atoms with E-state index in [0.29, 0.717) is 48.9 Å². The first kappa shape index (κ1) is 25.2. The van der Waals surface area contributed by atoms with Gasteiger partial charge in [0.05, 0.1) is 16.9 Å². The van der Waals surface area contributed by atoms with E-state index in [9.17, 15) is 24.8 Å². The number of aromatic nitrogens is 2. The Bertz CT molecular complexity index is 1240. The average molecular weight is 512 g/mol. The lowest BCUT2D eigenvalue weighted by Crippen LogP contribution is -2.47. The fraction of sp³-hybridized carbons (Fsp3) is 0.320. The van der Waals surface area contributed by atoms with Gasteiger partial charge in [-0.05, 0) is 30.5 Å². The predicted octanol–water partition coefficient (Wildman–Crippen LogP) is 3.52. The van der Waals surface area contributed by atoms with E-state index in [2.05, 4.69) is 10.3 Å². The van der Waals surface area contributed by atoms with E-state index < -0.39 is 22.9 Å². The largest absolute Gasteiger partial charge is 0.480 e. The highest BCUT2D eigenvalue weighted by Crippen LogP contribution is 2.33.